The third-order valence-electron chi connectivity index (χ3n) is 6.86. The number of aromatic amines is 1. The minimum Gasteiger partial charge on any atom is -0.493 e. The summed E-state index contributed by atoms with van der Waals surface area (Å²) in [5.41, 5.74) is 0.0161. The van der Waals surface area contributed by atoms with Crippen molar-refractivity contribution in [2.45, 2.75) is 50.3 Å². The van der Waals surface area contributed by atoms with Crippen LogP contribution in [0, 0.1) is 0 Å². The molecule has 0 bridgehead atoms. The number of ether oxygens (including phenoxy) is 1. The number of H-pyrrole nitrogens is 1. The zero-order chi connectivity index (χ0) is 25.7. The second-order valence-electron chi connectivity index (χ2n) is 10.1. The lowest BCUT2D eigenvalue weighted by Crippen LogP contribution is -2.51. The van der Waals surface area contributed by atoms with Crippen molar-refractivity contribution < 1.29 is 23.0 Å². The van der Waals surface area contributed by atoms with Gasteiger partial charge in [-0.3, -0.25) is 4.98 Å². The highest BCUT2D eigenvalue weighted by molar-refractivity contribution is 6.30. The average Bonchev–Trinajstić information content (AvgIpc) is 3.43. The first-order valence-electron chi connectivity index (χ1n) is 11.7. The van der Waals surface area contributed by atoms with Gasteiger partial charge in [-0.05, 0) is 59.9 Å². The number of aliphatic hydroxyl groups is 1. The Bertz CT molecular complexity index is 1420. The second-order valence-corrected chi connectivity index (χ2v) is 10.6. The molecule has 1 aliphatic heterocycles. The van der Waals surface area contributed by atoms with Gasteiger partial charge in [0.2, 0.25) is 0 Å². The van der Waals surface area contributed by atoms with Gasteiger partial charge in [-0.15, -0.1) is 0 Å². The van der Waals surface area contributed by atoms with Crippen LogP contribution in [0.4, 0.5) is 13.2 Å². The van der Waals surface area contributed by atoms with Crippen LogP contribution in [0.25, 0.3) is 22.2 Å². The van der Waals surface area contributed by atoms with Gasteiger partial charge in [0.1, 0.15) is 5.75 Å². The van der Waals surface area contributed by atoms with E-state index in [9.17, 15) is 18.3 Å². The average molecular weight is 515 g/mol. The van der Waals surface area contributed by atoms with E-state index in [1.54, 1.807) is 38.2 Å². The van der Waals surface area contributed by atoms with Gasteiger partial charge in [-0.25, -0.2) is 0 Å². The van der Waals surface area contributed by atoms with Gasteiger partial charge in [-0.1, -0.05) is 37.6 Å². The zero-order valence-electron chi connectivity index (χ0n) is 19.9. The minimum atomic E-state index is -4.86. The third kappa shape index (κ3) is 4.58. The molecule has 188 valence electrons. The summed E-state index contributed by atoms with van der Waals surface area (Å²) in [6.45, 7) is 3.82. The van der Waals surface area contributed by atoms with E-state index in [0.717, 1.165) is 22.2 Å². The SMILES string of the molecule is CC(C)(CC(O)(Cc1cc2cc(-c3ccccn3)ccc2[nH]1)C(F)(F)F)c1cc(Cl)cc2c1OCC2. The van der Waals surface area contributed by atoms with Gasteiger partial charge in [0.15, 0.2) is 5.60 Å². The predicted octanol–water partition coefficient (Wildman–Crippen LogP) is 7.02. The van der Waals surface area contributed by atoms with Crippen molar-refractivity contribution in [3.05, 3.63) is 82.6 Å². The largest absolute Gasteiger partial charge is 0.493 e. The van der Waals surface area contributed by atoms with Gasteiger partial charge >= 0.3 is 6.18 Å². The van der Waals surface area contributed by atoms with Gasteiger partial charge in [0, 0.05) is 51.8 Å². The molecule has 1 atom stereocenters. The smallest absolute Gasteiger partial charge is 0.417 e. The van der Waals surface area contributed by atoms with E-state index in [4.69, 9.17) is 16.3 Å². The molecule has 0 saturated heterocycles. The monoisotopic (exact) mass is 514 g/mol. The topological polar surface area (TPSA) is 58.1 Å². The minimum absolute atomic E-state index is 0.298. The van der Waals surface area contributed by atoms with E-state index >= 15 is 0 Å². The summed E-state index contributed by atoms with van der Waals surface area (Å²) in [5.74, 6) is 0.571. The van der Waals surface area contributed by atoms with E-state index in [2.05, 4.69) is 9.97 Å². The summed E-state index contributed by atoms with van der Waals surface area (Å²) in [6.07, 6.45) is -3.69. The molecule has 0 aliphatic carbocycles. The Balaban J connectivity index is 1.48. The van der Waals surface area contributed by atoms with Crippen LogP contribution >= 0.6 is 11.6 Å². The van der Waals surface area contributed by atoms with Crippen molar-refractivity contribution in [2.75, 3.05) is 6.61 Å². The Kier molecular flexibility index (Phi) is 6.04. The maximum absolute atomic E-state index is 14.4. The summed E-state index contributed by atoms with van der Waals surface area (Å²) in [5, 5.41) is 12.3. The van der Waals surface area contributed by atoms with Crippen molar-refractivity contribution in [3.63, 3.8) is 0 Å². The fourth-order valence-electron chi connectivity index (χ4n) is 5.16. The van der Waals surface area contributed by atoms with Crippen molar-refractivity contribution >= 4 is 22.5 Å². The first-order valence-corrected chi connectivity index (χ1v) is 12.1. The number of fused-ring (bicyclic) bond motifs is 2. The standard InChI is InChI=1S/C28H26ClF3N2O2/c1-26(2,22-14-20(29)12-18-8-10-36-25(18)22)16-27(35,28(30,31)32)15-21-13-19-11-17(6-7-24(19)34-21)23-5-3-4-9-33-23/h3-7,9,11-14,34-35H,8,10,15-16H2,1-2H3. The predicted molar refractivity (Wildman–Crippen MR) is 135 cm³/mol. The molecule has 2 aromatic carbocycles. The second kappa shape index (κ2) is 8.82. The molecular weight excluding hydrogens is 489 g/mol. The normalized spacial score (nSPS) is 15.5. The van der Waals surface area contributed by atoms with Crippen LogP contribution in [-0.2, 0) is 18.3 Å². The first-order chi connectivity index (χ1) is 17.0. The summed E-state index contributed by atoms with van der Waals surface area (Å²) in [6, 6.07) is 16.2. The highest BCUT2D eigenvalue weighted by Crippen LogP contribution is 2.47. The number of benzene rings is 2. The summed E-state index contributed by atoms with van der Waals surface area (Å²) in [4.78, 5) is 7.39. The lowest BCUT2D eigenvalue weighted by Gasteiger charge is -2.38. The van der Waals surface area contributed by atoms with Gasteiger partial charge in [0.25, 0.3) is 0 Å². The molecule has 8 heteroatoms. The Morgan fingerprint density at radius 1 is 1.08 bits per heavy atom. The zero-order valence-corrected chi connectivity index (χ0v) is 20.7. The van der Waals surface area contributed by atoms with E-state index in [-0.39, 0.29) is 0 Å². The fourth-order valence-corrected chi connectivity index (χ4v) is 5.40. The van der Waals surface area contributed by atoms with Crippen LogP contribution in [0.15, 0.2) is 60.8 Å². The number of hydrogen-bond acceptors (Lipinski definition) is 3. The fraction of sp³-hybridized carbons (Fsp3) is 0.321. The number of alkyl halides is 3. The van der Waals surface area contributed by atoms with Crippen molar-refractivity contribution in [1.82, 2.24) is 9.97 Å². The molecule has 1 aliphatic rings. The molecule has 0 spiro atoms. The Hall–Kier alpha value is -3.03. The van der Waals surface area contributed by atoms with Gasteiger partial charge in [0.05, 0.1) is 12.3 Å². The number of pyridine rings is 1. The molecule has 5 rings (SSSR count). The summed E-state index contributed by atoms with van der Waals surface area (Å²) in [7, 11) is 0. The van der Waals surface area contributed by atoms with Gasteiger partial charge < -0.3 is 14.8 Å². The number of nitrogens with zero attached hydrogens (tertiary/aromatic N) is 1. The van der Waals surface area contributed by atoms with Crippen LogP contribution in [0.3, 0.4) is 0 Å². The highest BCUT2D eigenvalue weighted by atomic mass is 35.5. The lowest BCUT2D eigenvalue weighted by molar-refractivity contribution is -0.266. The number of rotatable bonds is 6. The molecule has 1 unspecified atom stereocenters. The number of aromatic nitrogens is 2. The van der Waals surface area contributed by atoms with Crippen molar-refractivity contribution in [2.24, 2.45) is 0 Å². The Labute approximate surface area is 212 Å². The molecule has 2 aromatic heterocycles. The third-order valence-corrected chi connectivity index (χ3v) is 7.08. The maximum atomic E-state index is 14.4. The molecule has 4 nitrogen and oxygen atoms in total. The van der Waals surface area contributed by atoms with Crippen LogP contribution < -0.4 is 4.74 Å². The molecule has 0 fully saturated rings. The first kappa shape index (κ1) is 24.7. The van der Waals surface area contributed by atoms with Crippen LogP contribution in [0.5, 0.6) is 5.75 Å². The van der Waals surface area contributed by atoms with E-state index in [0.29, 0.717) is 40.6 Å². The van der Waals surface area contributed by atoms with Gasteiger partial charge in [-0.2, -0.15) is 13.2 Å². The molecule has 0 amide bonds. The van der Waals surface area contributed by atoms with Crippen LogP contribution in [0.1, 0.15) is 37.1 Å². The molecule has 3 heterocycles. The quantitative estimate of drug-likeness (QED) is 0.290. The van der Waals surface area contributed by atoms with E-state index < -0.39 is 30.0 Å². The van der Waals surface area contributed by atoms with Crippen molar-refractivity contribution in [1.29, 1.82) is 0 Å². The van der Waals surface area contributed by atoms with E-state index in [1.165, 1.54) is 0 Å². The lowest BCUT2D eigenvalue weighted by atomic mass is 9.73. The Morgan fingerprint density at radius 3 is 2.61 bits per heavy atom. The van der Waals surface area contributed by atoms with E-state index in [1.807, 2.05) is 36.4 Å². The summed E-state index contributed by atoms with van der Waals surface area (Å²) < 4.78 is 48.9. The highest BCUT2D eigenvalue weighted by Gasteiger charge is 2.56. The van der Waals surface area contributed by atoms with Crippen molar-refractivity contribution in [3.8, 4) is 17.0 Å². The number of hydrogen-bond donors (Lipinski definition) is 2. The molecule has 0 radical (unpaired) electrons. The molecule has 2 N–H and O–H groups in total. The summed E-state index contributed by atoms with van der Waals surface area (Å²) >= 11 is 6.28. The molecular formula is C28H26ClF3N2O2. The Morgan fingerprint density at radius 2 is 1.89 bits per heavy atom. The number of nitrogens with one attached hydrogen (secondary N) is 1. The number of halogens is 4. The molecule has 0 saturated carbocycles. The van der Waals surface area contributed by atoms with Crippen LogP contribution in [0.2, 0.25) is 5.02 Å². The maximum Gasteiger partial charge on any atom is 0.417 e. The van der Waals surface area contributed by atoms with Crippen LogP contribution in [-0.4, -0.2) is 33.5 Å². The molecule has 36 heavy (non-hydrogen) atoms. The molecule has 4 aromatic rings.